The highest BCUT2D eigenvalue weighted by Gasteiger charge is 2.18. The molecule has 110 valence electrons. The number of hydrogen-bond donors (Lipinski definition) is 0. The molecule has 0 fully saturated rings. The lowest BCUT2D eigenvalue weighted by molar-refractivity contribution is -0.156. The molecule has 6 heteroatoms. The summed E-state index contributed by atoms with van der Waals surface area (Å²) in [5, 5.41) is 0. The Morgan fingerprint density at radius 2 is 1.70 bits per heavy atom. The van der Waals surface area contributed by atoms with Crippen molar-refractivity contribution in [3.63, 3.8) is 0 Å². The molecule has 0 amide bonds. The largest absolute Gasteiger partial charge is 0.493 e. The van der Waals surface area contributed by atoms with Gasteiger partial charge in [0.05, 0.1) is 14.2 Å². The van der Waals surface area contributed by atoms with Crippen molar-refractivity contribution < 1.29 is 28.5 Å². The van der Waals surface area contributed by atoms with E-state index >= 15 is 0 Å². The third-order valence-electron chi connectivity index (χ3n) is 2.53. The van der Waals surface area contributed by atoms with Gasteiger partial charge in [-0.2, -0.15) is 0 Å². The van der Waals surface area contributed by atoms with Crippen LogP contribution in [-0.4, -0.2) is 32.8 Å². The van der Waals surface area contributed by atoms with Gasteiger partial charge in [-0.25, -0.2) is 0 Å². The van der Waals surface area contributed by atoms with Crippen LogP contribution < -0.4 is 9.47 Å². The van der Waals surface area contributed by atoms with Crippen LogP contribution in [0.3, 0.4) is 0 Å². The van der Waals surface area contributed by atoms with Crippen molar-refractivity contribution in [2.75, 3.05) is 20.8 Å². The highest BCUT2D eigenvalue weighted by molar-refractivity contribution is 5.67. The van der Waals surface area contributed by atoms with Crippen molar-refractivity contribution in [2.24, 2.45) is 0 Å². The molecule has 0 aliphatic heterocycles. The maximum absolute atomic E-state index is 11.1. The summed E-state index contributed by atoms with van der Waals surface area (Å²) in [6, 6.07) is 5.09. The van der Waals surface area contributed by atoms with E-state index in [0.717, 1.165) is 0 Å². The van der Waals surface area contributed by atoms with E-state index < -0.39 is 18.0 Å². The van der Waals surface area contributed by atoms with E-state index in [1.54, 1.807) is 18.2 Å². The van der Waals surface area contributed by atoms with E-state index in [-0.39, 0.29) is 6.61 Å². The molecule has 1 aromatic rings. The lowest BCUT2D eigenvalue weighted by Crippen LogP contribution is -2.16. The molecule has 0 bridgehead atoms. The molecule has 0 aromatic heterocycles. The summed E-state index contributed by atoms with van der Waals surface area (Å²) < 4.78 is 20.4. The van der Waals surface area contributed by atoms with Crippen molar-refractivity contribution in [3.8, 4) is 11.5 Å². The molecule has 0 N–H and O–H groups in total. The zero-order valence-corrected chi connectivity index (χ0v) is 12.0. The average Bonchev–Trinajstić information content (AvgIpc) is 2.42. The van der Waals surface area contributed by atoms with Crippen LogP contribution in [-0.2, 0) is 19.1 Å². The summed E-state index contributed by atoms with van der Waals surface area (Å²) in [4.78, 5) is 22.0. The van der Waals surface area contributed by atoms with Crippen molar-refractivity contribution in [1.82, 2.24) is 0 Å². The highest BCUT2D eigenvalue weighted by atomic mass is 16.6. The molecule has 20 heavy (non-hydrogen) atoms. The van der Waals surface area contributed by atoms with E-state index in [1.165, 1.54) is 28.1 Å². The van der Waals surface area contributed by atoms with Crippen molar-refractivity contribution in [1.29, 1.82) is 0 Å². The van der Waals surface area contributed by atoms with E-state index in [9.17, 15) is 9.59 Å². The molecule has 0 aliphatic rings. The molecular weight excluding hydrogens is 264 g/mol. The van der Waals surface area contributed by atoms with Gasteiger partial charge in [-0.3, -0.25) is 9.59 Å². The Balaban J connectivity index is 2.99. The standard InChI is InChI=1S/C14H18O6/c1-9(15)19-8-14(20-10(2)16)11-5-6-12(17-3)13(7-11)18-4/h5-7,14H,8H2,1-4H3. The number of carbonyl (C=O) groups is 2. The summed E-state index contributed by atoms with van der Waals surface area (Å²) in [6.07, 6.45) is -0.684. The normalized spacial score (nSPS) is 11.4. The quantitative estimate of drug-likeness (QED) is 0.742. The molecule has 1 unspecified atom stereocenters. The maximum Gasteiger partial charge on any atom is 0.303 e. The molecule has 6 nitrogen and oxygen atoms in total. The summed E-state index contributed by atoms with van der Waals surface area (Å²) >= 11 is 0. The van der Waals surface area contributed by atoms with Crippen LogP contribution in [0.5, 0.6) is 11.5 Å². The van der Waals surface area contributed by atoms with Crippen LogP contribution in [0.15, 0.2) is 18.2 Å². The van der Waals surface area contributed by atoms with E-state index in [1.807, 2.05) is 0 Å². The first-order chi connectivity index (χ1) is 9.47. The van der Waals surface area contributed by atoms with Gasteiger partial charge in [-0.15, -0.1) is 0 Å². The van der Waals surface area contributed by atoms with Crippen LogP contribution in [0.1, 0.15) is 25.5 Å². The lowest BCUT2D eigenvalue weighted by atomic mass is 10.1. The topological polar surface area (TPSA) is 71.1 Å². The van der Waals surface area contributed by atoms with Gasteiger partial charge in [-0.1, -0.05) is 6.07 Å². The fourth-order valence-corrected chi connectivity index (χ4v) is 1.64. The number of benzene rings is 1. The van der Waals surface area contributed by atoms with Crippen molar-refractivity contribution in [2.45, 2.75) is 20.0 Å². The lowest BCUT2D eigenvalue weighted by Gasteiger charge is -2.18. The summed E-state index contributed by atoms with van der Waals surface area (Å²) in [7, 11) is 3.04. The minimum atomic E-state index is -0.684. The van der Waals surface area contributed by atoms with E-state index in [2.05, 4.69) is 0 Å². The van der Waals surface area contributed by atoms with Gasteiger partial charge < -0.3 is 18.9 Å². The predicted molar refractivity (Wildman–Crippen MR) is 70.7 cm³/mol. The van der Waals surface area contributed by atoms with E-state index in [4.69, 9.17) is 18.9 Å². The zero-order chi connectivity index (χ0) is 15.1. The highest BCUT2D eigenvalue weighted by Crippen LogP contribution is 2.31. The van der Waals surface area contributed by atoms with Gasteiger partial charge in [0.25, 0.3) is 0 Å². The van der Waals surface area contributed by atoms with E-state index in [0.29, 0.717) is 17.1 Å². The number of esters is 2. The van der Waals surface area contributed by atoms with Gasteiger partial charge in [0, 0.05) is 13.8 Å². The van der Waals surface area contributed by atoms with Gasteiger partial charge in [0.1, 0.15) is 6.61 Å². The van der Waals surface area contributed by atoms with Crippen LogP contribution in [0.2, 0.25) is 0 Å². The second-order valence-corrected chi connectivity index (χ2v) is 4.02. The summed E-state index contributed by atoms with van der Waals surface area (Å²) in [5.41, 5.74) is 0.652. The smallest absolute Gasteiger partial charge is 0.303 e. The first-order valence-electron chi connectivity index (χ1n) is 6.00. The molecule has 1 rings (SSSR count). The number of carbonyl (C=O) groups excluding carboxylic acids is 2. The minimum absolute atomic E-state index is 0.0512. The van der Waals surface area contributed by atoms with Crippen LogP contribution in [0.25, 0.3) is 0 Å². The average molecular weight is 282 g/mol. The second kappa shape index (κ2) is 7.37. The second-order valence-electron chi connectivity index (χ2n) is 4.02. The monoisotopic (exact) mass is 282 g/mol. The Kier molecular flexibility index (Phi) is 5.83. The number of rotatable bonds is 6. The first-order valence-corrected chi connectivity index (χ1v) is 6.00. The zero-order valence-electron chi connectivity index (χ0n) is 12.0. The molecule has 1 atom stereocenters. The van der Waals surface area contributed by atoms with Gasteiger partial charge >= 0.3 is 11.9 Å². The Morgan fingerprint density at radius 3 is 2.20 bits per heavy atom. The SMILES string of the molecule is COc1ccc(C(COC(C)=O)OC(C)=O)cc1OC. The van der Waals surface area contributed by atoms with Crippen LogP contribution >= 0.6 is 0 Å². The molecule has 0 radical (unpaired) electrons. The summed E-state index contributed by atoms with van der Waals surface area (Å²) in [5.74, 6) is 0.162. The molecular formula is C14H18O6. The van der Waals surface area contributed by atoms with Crippen molar-refractivity contribution in [3.05, 3.63) is 23.8 Å². The Hall–Kier alpha value is -2.24. The molecule has 0 saturated heterocycles. The Bertz CT molecular complexity index is 483. The molecule has 0 saturated carbocycles. The summed E-state index contributed by atoms with van der Waals surface area (Å²) in [6.45, 7) is 2.53. The molecule has 1 aromatic carbocycles. The number of methoxy groups -OCH3 is 2. The maximum atomic E-state index is 11.1. The molecule has 0 heterocycles. The minimum Gasteiger partial charge on any atom is -0.493 e. The fourth-order valence-electron chi connectivity index (χ4n) is 1.64. The molecule has 0 spiro atoms. The van der Waals surface area contributed by atoms with Crippen LogP contribution in [0, 0.1) is 0 Å². The fraction of sp³-hybridized carbons (Fsp3) is 0.429. The van der Waals surface area contributed by atoms with Crippen LogP contribution in [0.4, 0.5) is 0 Å². The third kappa shape index (κ3) is 4.46. The Morgan fingerprint density at radius 1 is 1.05 bits per heavy atom. The van der Waals surface area contributed by atoms with Gasteiger partial charge in [-0.05, 0) is 17.7 Å². The number of ether oxygens (including phenoxy) is 4. The predicted octanol–water partition coefficient (Wildman–Crippen LogP) is 1.87. The molecule has 0 aliphatic carbocycles. The van der Waals surface area contributed by atoms with Crippen molar-refractivity contribution >= 4 is 11.9 Å². The Labute approximate surface area is 117 Å². The number of hydrogen-bond acceptors (Lipinski definition) is 6. The first kappa shape index (κ1) is 15.8. The van der Waals surface area contributed by atoms with Gasteiger partial charge in [0.2, 0.25) is 0 Å². The van der Waals surface area contributed by atoms with Gasteiger partial charge in [0.15, 0.2) is 17.6 Å². The third-order valence-corrected chi connectivity index (χ3v) is 2.53.